The molecule has 2 nitrogen and oxygen atoms in total. The Morgan fingerprint density at radius 2 is 1.88 bits per heavy atom. The van der Waals surface area contributed by atoms with Gasteiger partial charge in [0.1, 0.15) is 0 Å². The van der Waals surface area contributed by atoms with Crippen molar-refractivity contribution >= 4 is 0 Å². The van der Waals surface area contributed by atoms with E-state index in [1.54, 1.807) is 0 Å². The molecule has 1 N–H and O–H groups in total. The van der Waals surface area contributed by atoms with E-state index >= 15 is 0 Å². The fraction of sp³-hybridized carbons (Fsp3) is 0.909. The number of nitrogens with zero attached hydrogens (tertiary/aromatic N) is 1. The molecular formula is C22H35NO. The van der Waals surface area contributed by atoms with Crippen molar-refractivity contribution in [1.29, 1.82) is 0 Å². The molecule has 6 aliphatic rings. The van der Waals surface area contributed by atoms with Gasteiger partial charge in [-0.25, -0.2) is 0 Å². The molecule has 1 heterocycles. The third kappa shape index (κ3) is 1.70. The molecule has 5 saturated carbocycles. The van der Waals surface area contributed by atoms with Crippen LogP contribution in [0.5, 0.6) is 0 Å². The van der Waals surface area contributed by atoms with E-state index in [2.05, 4.69) is 25.3 Å². The van der Waals surface area contributed by atoms with Crippen molar-refractivity contribution in [3.8, 4) is 0 Å². The summed E-state index contributed by atoms with van der Waals surface area (Å²) >= 11 is 0. The van der Waals surface area contributed by atoms with Crippen LogP contribution in [-0.4, -0.2) is 35.7 Å². The van der Waals surface area contributed by atoms with Crippen molar-refractivity contribution < 1.29 is 5.11 Å². The van der Waals surface area contributed by atoms with Crippen LogP contribution in [-0.2, 0) is 0 Å². The zero-order valence-electron chi connectivity index (χ0n) is 15.7. The van der Waals surface area contributed by atoms with Crippen molar-refractivity contribution in [3.05, 3.63) is 12.2 Å². The van der Waals surface area contributed by atoms with E-state index in [0.29, 0.717) is 16.7 Å². The smallest absolute Gasteiger partial charge is 0.0809 e. The Morgan fingerprint density at radius 1 is 1.08 bits per heavy atom. The molecule has 0 aromatic rings. The normalized spacial score (nSPS) is 56.7. The summed E-state index contributed by atoms with van der Waals surface area (Å²) in [4.78, 5) is 2.76. The Bertz CT molecular complexity index is 572. The first-order valence-electron chi connectivity index (χ1n) is 10.5. The highest BCUT2D eigenvalue weighted by atomic mass is 16.3. The Balaban J connectivity index is 1.62. The van der Waals surface area contributed by atoms with E-state index in [9.17, 15) is 5.11 Å². The maximum Gasteiger partial charge on any atom is 0.0809 e. The molecule has 1 aliphatic heterocycles. The summed E-state index contributed by atoms with van der Waals surface area (Å²) in [6, 6.07) is 0. The highest BCUT2D eigenvalue weighted by Crippen LogP contribution is 2.73. The van der Waals surface area contributed by atoms with Crippen LogP contribution in [0.4, 0.5) is 0 Å². The second-order valence-electron chi connectivity index (χ2n) is 10.4. The summed E-state index contributed by atoms with van der Waals surface area (Å²) < 4.78 is 0. The molecule has 134 valence electrons. The van der Waals surface area contributed by atoms with E-state index in [0.717, 1.165) is 11.8 Å². The average molecular weight is 330 g/mol. The Morgan fingerprint density at radius 3 is 2.67 bits per heavy atom. The van der Waals surface area contributed by atoms with Crippen LogP contribution in [0.15, 0.2) is 12.2 Å². The third-order valence-electron chi connectivity index (χ3n) is 9.66. The number of likely N-dealkylation sites (tertiary alicyclic amines) is 1. The minimum Gasteiger partial charge on any atom is -0.388 e. The molecule has 7 atom stereocenters. The van der Waals surface area contributed by atoms with E-state index in [4.69, 9.17) is 0 Å². The molecule has 0 aromatic carbocycles. The van der Waals surface area contributed by atoms with Crippen LogP contribution < -0.4 is 0 Å². The molecular weight excluding hydrogens is 294 g/mol. The van der Waals surface area contributed by atoms with E-state index in [1.807, 2.05) is 0 Å². The highest BCUT2D eigenvalue weighted by Gasteiger charge is 2.69. The first-order valence-corrected chi connectivity index (χ1v) is 10.5. The first kappa shape index (κ1) is 15.9. The maximum atomic E-state index is 11.2. The number of rotatable bonds is 1. The lowest BCUT2D eigenvalue weighted by atomic mass is 9.35. The average Bonchev–Trinajstić information content (AvgIpc) is 2.57. The lowest BCUT2D eigenvalue weighted by molar-refractivity contribution is -0.239. The molecule has 6 rings (SSSR count). The number of aliphatic hydroxyl groups excluding tert-OH is 1. The van der Waals surface area contributed by atoms with E-state index < -0.39 is 0 Å². The molecule has 5 aliphatic carbocycles. The summed E-state index contributed by atoms with van der Waals surface area (Å²) in [6.45, 7) is 13.1. The monoisotopic (exact) mass is 329 g/mol. The molecule has 1 spiro atoms. The molecule has 0 radical (unpaired) electrons. The zero-order valence-corrected chi connectivity index (χ0v) is 15.7. The Kier molecular flexibility index (Phi) is 3.23. The standard InChI is InChI=1S/C22H35NO/c1-4-23-13-20(3)8-5-9-22(14-23)17(20)7-11-21-10-6-16(12-18(21)22)15(2)19(21)24/h16-19,24H,2,4-14H2,1,3H3/t16-,17-,18+,19+,20-,21-,22-/m1/s1. The van der Waals surface area contributed by atoms with Crippen molar-refractivity contribution in [2.45, 2.75) is 71.3 Å². The summed E-state index contributed by atoms with van der Waals surface area (Å²) in [7, 11) is 0. The van der Waals surface area contributed by atoms with Crippen LogP contribution >= 0.6 is 0 Å². The molecule has 2 heteroatoms. The number of piperidine rings is 1. The second kappa shape index (κ2) is 4.88. The van der Waals surface area contributed by atoms with Gasteiger partial charge < -0.3 is 10.0 Å². The van der Waals surface area contributed by atoms with Gasteiger partial charge in [-0.1, -0.05) is 26.8 Å². The van der Waals surface area contributed by atoms with Crippen LogP contribution in [0.3, 0.4) is 0 Å². The van der Waals surface area contributed by atoms with Gasteiger partial charge in [-0.3, -0.25) is 0 Å². The summed E-state index contributed by atoms with van der Waals surface area (Å²) in [5, 5.41) is 11.2. The van der Waals surface area contributed by atoms with E-state index in [1.165, 1.54) is 76.6 Å². The fourth-order valence-electron chi connectivity index (χ4n) is 8.78. The summed E-state index contributed by atoms with van der Waals surface area (Å²) in [5.41, 5.74) is 2.37. The summed E-state index contributed by atoms with van der Waals surface area (Å²) in [6.07, 6.45) is 10.6. The van der Waals surface area contributed by atoms with Gasteiger partial charge in [-0.2, -0.15) is 0 Å². The van der Waals surface area contributed by atoms with E-state index in [-0.39, 0.29) is 11.5 Å². The molecule has 0 amide bonds. The highest BCUT2D eigenvalue weighted by molar-refractivity contribution is 5.27. The van der Waals surface area contributed by atoms with Crippen molar-refractivity contribution in [2.75, 3.05) is 19.6 Å². The van der Waals surface area contributed by atoms with Crippen LogP contribution in [0.25, 0.3) is 0 Å². The molecule has 6 fully saturated rings. The molecule has 4 bridgehead atoms. The Labute approximate surface area is 147 Å². The minimum atomic E-state index is -0.212. The van der Waals surface area contributed by atoms with Gasteiger partial charge in [0.15, 0.2) is 0 Å². The van der Waals surface area contributed by atoms with Crippen molar-refractivity contribution in [1.82, 2.24) is 4.90 Å². The summed E-state index contributed by atoms with van der Waals surface area (Å²) in [5.74, 6) is 2.25. The minimum absolute atomic E-state index is 0.178. The molecule has 1 saturated heterocycles. The predicted octanol–water partition coefficient (Wildman–Crippen LogP) is 4.24. The quantitative estimate of drug-likeness (QED) is 0.727. The second-order valence-corrected chi connectivity index (χ2v) is 10.4. The number of fused-ring (bicyclic) bond motifs is 2. The van der Waals surface area contributed by atoms with Crippen molar-refractivity contribution in [3.63, 3.8) is 0 Å². The number of hydrogen-bond acceptors (Lipinski definition) is 2. The van der Waals surface area contributed by atoms with Gasteiger partial charge in [-0.15, -0.1) is 0 Å². The van der Waals surface area contributed by atoms with Crippen LogP contribution in [0, 0.1) is 34.0 Å². The first-order chi connectivity index (χ1) is 11.5. The van der Waals surface area contributed by atoms with Gasteiger partial charge >= 0.3 is 0 Å². The topological polar surface area (TPSA) is 23.5 Å². The lowest BCUT2D eigenvalue weighted by Crippen LogP contribution is -2.70. The largest absolute Gasteiger partial charge is 0.388 e. The van der Waals surface area contributed by atoms with Gasteiger partial charge in [0.25, 0.3) is 0 Å². The van der Waals surface area contributed by atoms with Gasteiger partial charge in [0, 0.05) is 18.5 Å². The van der Waals surface area contributed by atoms with Gasteiger partial charge in [-0.05, 0) is 85.6 Å². The number of hydrogen-bond donors (Lipinski definition) is 1. The zero-order chi connectivity index (χ0) is 16.7. The maximum absolute atomic E-state index is 11.2. The Hall–Kier alpha value is -0.340. The molecule has 24 heavy (non-hydrogen) atoms. The fourth-order valence-corrected chi connectivity index (χ4v) is 8.78. The van der Waals surface area contributed by atoms with Crippen LogP contribution in [0.1, 0.15) is 65.2 Å². The van der Waals surface area contributed by atoms with Crippen molar-refractivity contribution in [2.24, 2.45) is 34.0 Å². The lowest BCUT2D eigenvalue weighted by Gasteiger charge is -2.73. The number of aliphatic hydroxyl groups is 1. The molecule has 0 aromatic heterocycles. The predicted molar refractivity (Wildman–Crippen MR) is 97.6 cm³/mol. The van der Waals surface area contributed by atoms with Crippen LogP contribution in [0.2, 0.25) is 0 Å². The SMILES string of the molecule is C=C1[C@@H]2CC[C@]3(CC[C@@H]4[C@]5(C)CCC[C@]4(CN(CC)C5)[C@H]3C2)[C@H]1O. The van der Waals surface area contributed by atoms with Gasteiger partial charge in [0.2, 0.25) is 0 Å². The third-order valence-corrected chi connectivity index (χ3v) is 9.66. The van der Waals surface area contributed by atoms with Gasteiger partial charge in [0.05, 0.1) is 6.10 Å². The molecule has 0 unspecified atom stereocenters.